The Labute approximate surface area is 77.0 Å². The van der Waals surface area contributed by atoms with Crippen LogP contribution in [-0.2, 0) is 0 Å². The van der Waals surface area contributed by atoms with Gasteiger partial charge in [0.1, 0.15) is 11.6 Å². The summed E-state index contributed by atoms with van der Waals surface area (Å²) >= 11 is 6.92. The summed E-state index contributed by atoms with van der Waals surface area (Å²) in [6, 6.07) is 2.53. The summed E-state index contributed by atoms with van der Waals surface area (Å²) in [7, 11) is 0. The van der Waals surface area contributed by atoms with Crippen LogP contribution in [0.15, 0.2) is 17.5 Å². The Hall–Kier alpha value is -0.800. The molecule has 62 valence electrons. The number of thiophene rings is 1. The van der Waals surface area contributed by atoms with Crippen molar-refractivity contribution in [1.29, 1.82) is 0 Å². The van der Waals surface area contributed by atoms with E-state index in [9.17, 15) is 9.50 Å². The highest BCUT2D eigenvalue weighted by atomic mass is 35.5. The maximum absolute atomic E-state index is 13.0. The van der Waals surface area contributed by atoms with Crippen LogP contribution in [0.25, 0.3) is 10.1 Å². The summed E-state index contributed by atoms with van der Waals surface area (Å²) in [6.45, 7) is 0. The molecule has 0 saturated heterocycles. The van der Waals surface area contributed by atoms with Gasteiger partial charge in [-0.1, -0.05) is 11.6 Å². The standard InChI is InChI=1S/C8H4ClFOS/c9-4-3-12-8-5(10)1-2-6(11)7(4)8/h1-3,11H. The molecular formula is C8H4ClFOS. The molecule has 0 unspecified atom stereocenters. The summed E-state index contributed by atoms with van der Waals surface area (Å²) in [6.07, 6.45) is 0. The van der Waals surface area contributed by atoms with Gasteiger partial charge in [-0.15, -0.1) is 11.3 Å². The predicted octanol–water partition coefficient (Wildman–Crippen LogP) is 3.40. The first-order valence-electron chi connectivity index (χ1n) is 3.24. The predicted molar refractivity (Wildman–Crippen MR) is 48.5 cm³/mol. The first-order valence-corrected chi connectivity index (χ1v) is 4.50. The average Bonchev–Trinajstić information content (AvgIpc) is 2.42. The van der Waals surface area contributed by atoms with Gasteiger partial charge in [0, 0.05) is 5.38 Å². The Bertz CT molecular complexity index is 438. The van der Waals surface area contributed by atoms with Crippen LogP contribution in [0, 0.1) is 5.82 Å². The van der Waals surface area contributed by atoms with Crippen molar-refractivity contribution in [2.24, 2.45) is 0 Å². The molecule has 0 aliphatic rings. The van der Waals surface area contributed by atoms with Crippen molar-refractivity contribution in [2.45, 2.75) is 0 Å². The van der Waals surface area contributed by atoms with Gasteiger partial charge in [0.25, 0.3) is 0 Å². The molecule has 2 aromatic rings. The fourth-order valence-electron chi connectivity index (χ4n) is 1.06. The number of phenolic OH excluding ortho intramolecular Hbond substituents is 1. The van der Waals surface area contributed by atoms with E-state index in [4.69, 9.17) is 11.6 Å². The van der Waals surface area contributed by atoms with E-state index in [1.807, 2.05) is 0 Å². The van der Waals surface area contributed by atoms with Crippen molar-refractivity contribution in [2.75, 3.05) is 0 Å². The molecule has 0 atom stereocenters. The highest BCUT2D eigenvalue weighted by molar-refractivity contribution is 7.18. The van der Waals surface area contributed by atoms with Gasteiger partial charge in [-0.05, 0) is 12.1 Å². The van der Waals surface area contributed by atoms with Gasteiger partial charge in [-0.25, -0.2) is 4.39 Å². The molecule has 2 rings (SSSR count). The molecule has 0 aliphatic carbocycles. The normalized spacial score (nSPS) is 10.8. The number of fused-ring (bicyclic) bond motifs is 1. The van der Waals surface area contributed by atoms with E-state index in [0.29, 0.717) is 15.1 Å². The largest absolute Gasteiger partial charge is 0.507 e. The molecule has 0 saturated carbocycles. The van der Waals surface area contributed by atoms with E-state index in [0.717, 1.165) is 0 Å². The van der Waals surface area contributed by atoms with Crippen LogP contribution in [0.5, 0.6) is 5.75 Å². The first kappa shape index (κ1) is 7.83. The first-order chi connectivity index (χ1) is 5.70. The van der Waals surface area contributed by atoms with Crippen molar-refractivity contribution >= 4 is 33.0 Å². The highest BCUT2D eigenvalue weighted by Crippen LogP contribution is 2.37. The molecule has 1 N–H and O–H groups in total. The van der Waals surface area contributed by atoms with E-state index < -0.39 is 0 Å². The molecule has 0 fully saturated rings. The molecule has 1 aromatic carbocycles. The van der Waals surface area contributed by atoms with Crippen LogP contribution in [0.1, 0.15) is 0 Å². The Morgan fingerprint density at radius 3 is 2.83 bits per heavy atom. The molecule has 4 heteroatoms. The fourth-order valence-corrected chi connectivity index (χ4v) is 2.30. The van der Waals surface area contributed by atoms with Crippen molar-refractivity contribution in [3.05, 3.63) is 28.4 Å². The summed E-state index contributed by atoms with van der Waals surface area (Å²) in [5.74, 6) is -0.322. The SMILES string of the molecule is Oc1ccc(F)c2scc(Cl)c12. The zero-order chi connectivity index (χ0) is 8.72. The minimum Gasteiger partial charge on any atom is -0.507 e. The van der Waals surface area contributed by atoms with Gasteiger partial charge in [-0.2, -0.15) is 0 Å². The van der Waals surface area contributed by atoms with Gasteiger partial charge in [0.2, 0.25) is 0 Å². The Morgan fingerprint density at radius 1 is 1.42 bits per heavy atom. The number of phenols is 1. The molecule has 0 radical (unpaired) electrons. The molecule has 0 amide bonds. The van der Waals surface area contributed by atoms with Crippen molar-refractivity contribution in [3.8, 4) is 5.75 Å². The number of halogens is 2. The maximum Gasteiger partial charge on any atom is 0.141 e. The van der Waals surface area contributed by atoms with Crippen LogP contribution in [0.2, 0.25) is 5.02 Å². The summed E-state index contributed by atoms with van der Waals surface area (Å²) in [5.41, 5.74) is 0. The molecule has 0 aliphatic heterocycles. The number of hydrogen-bond acceptors (Lipinski definition) is 2. The van der Waals surface area contributed by atoms with E-state index in [1.165, 1.54) is 23.5 Å². The summed E-state index contributed by atoms with van der Waals surface area (Å²) in [5, 5.41) is 11.7. The fraction of sp³-hybridized carbons (Fsp3) is 0. The molecule has 0 spiro atoms. The van der Waals surface area contributed by atoms with Crippen LogP contribution in [-0.4, -0.2) is 5.11 Å². The van der Waals surface area contributed by atoms with E-state index in [1.54, 1.807) is 5.38 Å². The van der Waals surface area contributed by atoms with E-state index >= 15 is 0 Å². The lowest BCUT2D eigenvalue weighted by atomic mass is 10.2. The van der Waals surface area contributed by atoms with Gasteiger partial charge in [0.15, 0.2) is 0 Å². The molecule has 1 nitrogen and oxygen atoms in total. The number of hydrogen-bond donors (Lipinski definition) is 1. The lowest BCUT2D eigenvalue weighted by molar-refractivity contribution is 0.480. The van der Waals surface area contributed by atoms with Crippen LogP contribution < -0.4 is 0 Å². The summed E-state index contributed by atoms with van der Waals surface area (Å²) in [4.78, 5) is 0. The maximum atomic E-state index is 13.0. The zero-order valence-electron chi connectivity index (χ0n) is 5.84. The number of aromatic hydroxyl groups is 1. The molecular weight excluding hydrogens is 199 g/mol. The minimum absolute atomic E-state index is 0.0256. The third-order valence-electron chi connectivity index (χ3n) is 1.61. The Kier molecular flexibility index (Phi) is 1.70. The summed E-state index contributed by atoms with van der Waals surface area (Å²) < 4.78 is 13.4. The monoisotopic (exact) mass is 202 g/mol. The molecule has 1 heterocycles. The highest BCUT2D eigenvalue weighted by Gasteiger charge is 2.10. The quantitative estimate of drug-likeness (QED) is 0.694. The van der Waals surface area contributed by atoms with Crippen LogP contribution >= 0.6 is 22.9 Å². The van der Waals surface area contributed by atoms with Gasteiger partial charge >= 0.3 is 0 Å². The van der Waals surface area contributed by atoms with Crippen LogP contribution in [0.3, 0.4) is 0 Å². The van der Waals surface area contributed by atoms with Gasteiger partial charge in [-0.3, -0.25) is 0 Å². The average molecular weight is 203 g/mol. The van der Waals surface area contributed by atoms with Crippen molar-refractivity contribution < 1.29 is 9.50 Å². The smallest absolute Gasteiger partial charge is 0.141 e. The molecule has 0 bridgehead atoms. The third kappa shape index (κ3) is 0.974. The lowest BCUT2D eigenvalue weighted by Crippen LogP contribution is -1.73. The number of benzene rings is 1. The topological polar surface area (TPSA) is 20.2 Å². The minimum atomic E-state index is -0.347. The second-order valence-electron chi connectivity index (χ2n) is 2.35. The second kappa shape index (κ2) is 2.61. The lowest BCUT2D eigenvalue weighted by Gasteiger charge is -1.95. The van der Waals surface area contributed by atoms with Gasteiger partial charge < -0.3 is 5.11 Å². The van der Waals surface area contributed by atoms with Crippen molar-refractivity contribution in [1.82, 2.24) is 0 Å². The molecule has 1 aromatic heterocycles. The Balaban J connectivity index is 2.98. The molecule has 12 heavy (non-hydrogen) atoms. The Morgan fingerprint density at radius 2 is 2.17 bits per heavy atom. The van der Waals surface area contributed by atoms with E-state index in [2.05, 4.69) is 0 Å². The van der Waals surface area contributed by atoms with E-state index in [-0.39, 0.29) is 11.6 Å². The van der Waals surface area contributed by atoms with Gasteiger partial charge in [0.05, 0.1) is 15.1 Å². The van der Waals surface area contributed by atoms with Crippen LogP contribution in [0.4, 0.5) is 4.39 Å². The second-order valence-corrected chi connectivity index (χ2v) is 3.64. The third-order valence-corrected chi connectivity index (χ3v) is 3.02. The number of rotatable bonds is 0. The van der Waals surface area contributed by atoms with Crippen molar-refractivity contribution in [3.63, 3.8) is 0 Å². The zero-order valence-corrected chi connectivity index (χ0v) is 7.42.